The molecule has 1 unspecified atom stereocenters. The maximum atomic E-state index is 14.6. The number of nitrogens with two attached hydrogens (primary N) is 1. The molecule has 16 heteroatoms. The second-order valence-corrected chi connectivity index (χ2v) is 10.2. The quantitative estimate of drug-likeness (QED) is 0.203. The predicted octanol–water partition coefficient (Wildman–Crippen LogP) is 3.95. The van der Waals surface area contributed by atoms with Gasteiger partial charge in [-0.05, 0) is 36.4 Å². The zero-order valence-corrected chi connectivity index (χ0v) is 23.4. The first-order valence-electron chi connectivity index (χ1n) is 13.0. The maximum absolute atomic E-state index is 14.6. The number of aliphatic hydroxyl groups is 1. The van der Waals surface area contributed by atoms with E-state index in [-0.39, 0.29) is 11.3 Å². The number of aromatic amines is 1. The summed E-state index contributed by atoms with van der Waals surface area (Å²) in [5, 5.41) is 13.5. The summed E-state index contributed by atoms with van der Waals surface area (Å²) in [7, 11) is 2.75. The van der Waals surface area contributed by atoms with Gasteiger partial charge in [-0.15, -0.1) is 0 Å². The van der Waals surface area contributed by atoms with Crippen molar-refractivity contribution in [2.24, 2.45) is 5.73 Å². The van der Waals surface area contributed by atoms with Crippen molar-refractivity contribution in [1.29, 1.82) is 0 Å². The first-order chi connectivity index (χ1) is 21.2. The third-order valence-corrected chi connectivity index (χ3v) is 7.60. The van der Waals surface area contributed by atoms with Crippen LogP contribution in [0.15, 0.2) is 48.5 Å². The fourth-order valence-electron chi connectivity index (χ4n) is 5.01. The minimum absolute atomic E-state index is 0.0833. The number of H-pyrrole nitrogens is 1. The van der Waals surface area contributed by atoms with Crippen LogP contribution >= 0.6 is 0 Å². The molecule has 1 aliphatic rings. The van der Waals surface area contributed by atoms with Crippen LogP contribution in [-0.4, -0.2) is 66.9 Å². The van der Waals surface area contributed by atoms with Crippen molar-refractivity contribution in [1.82, 2.24) is 15.3 Å². The number of fused-ring (bicyclic) bond motifs is 2. The molecule has 10 nitrogen and oxygen atoms in total. The van der Waals surface area contributed by atoms with Crippen LogP contribution in [0.4, 0.5) is 26.3 Å². The number of carbonyl (C=O) groups is 2. The zero-order chi connectivity index (χ0) is 32.9. The van der Waals surface area contributed by atoms with E-state index >= 15 is 0 Å². The van der Waals surface area contributed by atoms with Gasteiger partial charge in [-0.3, -0.25) is 9.59 Å². The largest absolute Gasteiger partial charge is 0.497 e. The van der Waals surface area contributed by atoms with E-state index in [2.05, 4.69) is 9.97 Å². The highest BCUT2D eigenvalue weighted by atomic mass is 19.4. The van der Waals surface area contributed by atoms with E-state index in [0.717, 1.165) is 24.3 Å². The molecule has 2 atom stereocenters. The van der Waals surface area contributed by atoms with Crippen LogP contribution < -0.4 is 25.3 Å². The molecule has 0 saturated carbocycles. The number of ether oxygens (including phenoxy) is 3. The summed E-state index contributed by atoms with van der Waals surface area (Å²) in [6, 6.07) is 8.83. The van der Waals surface area contributed by atoms with Crippen molar-refractivity contribution < 1.29 is 55.2 Å². The predicted molar refractivity (Wildman–Crippen MR) is 146 cm³/mol. The van der Waals surface area contributed by atoms with E-state index in [0.29, 0.717) is 28.5 Å². The van der Waals surface area contributed by atoms with Gasteiger partial charge in [0.1, 0.15) is 41.1 Å². The van der Waals surface area contributed by atoms with Gasteiger partial charge in [-0.2, -0.15) is 13.2 Å². The minimum Gasteiger partial charge on any atom is -0.497 e. The van der Waals surface area contributed by atoms with Crippen LogP contribution in [-0.2, 0) is 15.8 Å². The van der Waals surface area contributed by atoms with Gasteiger partial charge in [0, 0.05) is 28.6 Å². The lowest BCUT2D eigenvalue weighted by atomic mass is 9.80. The molecule has 45 heavy (non-hydrogen) atoms. The summed E-state index contributed by atoms with van der Waals surface area (Å²) in [6.45, 7) is -2.58. The number of alkyl halides is 5. The zero-order valence-electron chi connectivity index (χ0n) is 23.4. The minimum atomic E-state index is -5.56. The molecule has 0 saturated heterocycles. The topological polar surface area (TPSA) is 149 Å². The lowest BCUT2D eigenvalue weighted by molar-refractivity contribution is -0.265. The normalized spacial score (nSPS) is 17.5. The molecule has 0 radical (unpaired) electrons. The molecule has 238 valence electrons. The highest BCUT2D eigenvalue weighted by Crippen LogP contribution is 2.49. The average Bonchev–Trinajstić information content (AvgIpc) is 3.61. The molecule has 0 bridgehead atoms. The molecule has 2 aromatic carbocycles. The monoisotopic (exact) mass is 638 g/mol. The van der Waals surface area contributed by atoms with Gasteiger partial charge in [-0.1, -0.05) is 0 Å². The first kappa shape index (κ1) is 31.4. The van der Waals surface area contributed by atoms with E-state index in [9.17, 15) is 41.0 Å². The number of nitrogens with zero attached hydrogens (tertiary/aromatic N) is 1. The molecular weight excluding hydrogens is 614 g/mol. The standard InChI is InChI=1S/C29H24F6N4O6/c1-43-15-7-18-16(20(8-15)44-2)9-19(38-18)24(40)37-11-28(42,29(33,34)35)21-10-17-23(45-12-27(17,25(31)32)26(36)41)22(39-21)13-3-5-14(30)6-4-13/h3-10,25,38,42H,11-12H2,1-2H3,(H2,36,41)(H,37,40)/t27-,28?/m0/s1. The third-order valence-electron chi connectivity index (χ3n) is 7.60. The van der Waals surface area contributed by atoms with Gasteiger partial charge < -0.3 is 35.4 Å². The van der Waals surface area contributed by atoms with Gasteiger partial charge in [0.05, 0.1) is 32.0 Å². The number of hydrogen-bond donors (Lipinski definition) is 4. The number of pyridine rings is 1. The summed E-state index contributed by atoms with van der Waals surface area (Å²) in [5.74, 6) is -3.26. The van der Waals surface area contributed by atoms with E-state index in [1.54, 1.807) is 0 Å². The third kappa shape index (κ3) is 5.13. The van der Waals surface area contributed by atoms with Crippen LogP contribution in [0.5, 0.6) is 17.2 Å². The molecule has 2 amide bonds. The Morgan fingerprint density at radius 3 is 2.40 bits per heavy atom. The Bertz CT molecular complexity index is 1790. The van der Waals surface area contributed by atoms with Crippen molar-refractivity contribution in [2.75, 3.05) is 27.4 Å². The molecule has 2 aromatic heterocycles. The van der Waals surface area contributed by atoms with Gasteiger partial charge in [0.15, 0.2) is 5.41 Å². The molecular formula is C29H24F6N4O6. The Morgan fingerprint density at radius 2 is 1.82 bits per heavy atom. The number of halogens is 6. The fourth-order valence-corrected chi connectivity index (χ4v) is 5.01. The second-order valence-electron chi connectivity index (χ2n) is 10.2. The SMILES string of the molecule is COc1cc(OC)c2cc(C(=O)NCC(O)(c3cc4c(c(-c5ccc(F)cc5)n3)OC[C@@]4(C(N)=O)C(F)F)C(F)(F)F)[nH]c2c1. The van der Waals surface area contributed by atoms with Crippen molar-refractivity contribution in [3.8, 4) is 28.5 Å². The van der Waals surface area contributed by atoms with E-state index in [1.165, 1.54) is 32.4 Å². The second kappa shape index (κ2) is 11.2. The van der Waals surface area contributed by atoms with E-state index < -0.39 is 77.1 Å². The number of methoxy groups -OCH3 is 2. The van der Waals surface area contributed by atoms with Crippen LogP contribution in [0.2, 0.25) is 0 Å². The molecule has 0 fully saturated rings. The van der Waals surface area contributed by atoms with Gasteiger partial charge in [0.25, 0.3) is 12.3 Å². The number of carbonyl (C=O) groups excluding carboxylic acids is 2. The summed E-state index contributed by atoms with van der Waals surface area (Å²) >= 11 is 0. The van der Waals surface area contributed by atoms with Crippen molar-refractivity contribution in [2.45, 2.75) is 23.6 Å². The molecule has 5 rings (SSSR count). The summed E-state index contributed by atoms with van der Waals surface area (Å²) in [5.41, 5.74) is -4.06. The number of hydrogen-bond acceptors (Lipinski definition) is 7. The van der Waals surface area contributed by atoms with Crippen molar-refractivity contribution in [3.05, 3.63) is 71.3 Å². The highest BCUT2D eigenvalue weighted by molar-refractivity contribution is 6.00. The number of amides is 2. The molecule has 4 aromatic rings. The van der Waals surface area contributed by atoms with Gasteiger partial charge in [-0.25, -0.2) is 18.2 Å². The average molecular weight is 639 g/mol. The van der Waals surface area contributed by atoms with E-state index in [1.807, 2.05) is 5.32 Å². The van der Waals surface area contributed by atoms with Crippen molar-refractivity contribution in [3.63, 3.8) is 0 Å². The number of benzene rings is 2. The van der Waals surface area contributed by atoms with Crippen LogP contribution in [0.1, 0.15) is 21.7 Å². The summed E-state index contributed by atoms with van der Waals surface area (Å²) in [6.07, 6.45) is -9.10. The smallest absolute Gasteiger partial charge is 0.424 e. The van der Waals surface area contributed by atoms with Crippen LogP contribution in [0, 0.1) is 5.82 Å². The van der Waals surface area contributed by atoms with Crippen molar-refractivity contribution >= 4 is 22.7 Å². The number of rotatable bonds is 9. The Balaban J connectivity index is 1.61. The Kier molecular flexibility index (Phi) is 7.81. The lowest BCUT2D eigenvalue weighted by Gasteiger charge is -2.31. The fraction of sp³-hybridized carbons (Fsp3) is 0.276. The van der Waals surface area contributed by atoms with Crippen LogP contribution in [0.25, 0.3) is 22.2 Å². The maximum Gasteiger partial charge on any atom is 0.424 e. The Labute approximate surface area is 250 Å². The number of aromatic nitrogens is 2. The van der Waals surface area contributed by atoms with E-state index in [4.69, 9.17) is 19.9 Å². The molecule has 1 aliphatic heterocycles. The summed E-state index contributed by atoms with van der Waals surface area (Å²) in [4.78, 5) is 32.0. The lowest BCUT2D eigenvalue weighted by Crippen LogP contribution is -2.52. The molecule has 0 spiro atoms. The molecule has 5 N–H and O–H groups in total. The first-order valence-corrected chi connectivity index (χ1v) is 13.0. The number of primary amides is 1. The summed E-state index contributed by atoms with van der Waals surface area (Å²) < 4.78 is 102. The molecule has 3 heterocycles. The molecule has 0 aliphatic carbocycles. The van der Waals surface area contributed by atoms with Gasteiger partial charge >= 0.3 is 6.18 Å². The highest BCUT2D eigenvalue weighted by Gasteiger charge is 2.60. The van der Waals surface area contributed by atoms with Crippen LogP contribution in [0.3, 0.4) is 0 Å². The van der Waals surface area contributed by atoms with Gasteiger partial charge in [0.2, 0.25) is 11.5 Å². The Hall–Kier alpha value is -4.99. The Morgan fingerprint density at radius 1 is 1.13 bits per heavy atom. The number of nitrogens with one attached hydrogen (secondary N) is 2.